The van der Waals surface area contributed by atoms with E-state index in [1.54, 1.807) is 0 Å². The first-order chi connectivity index (χ1) is 15.3. The molecule has 4 rings (SSSR count). The van der Waals surface area contributed by atoms with Crippen molar-refractivity contribution in [1.29, 1.82) is 0 Å². The molecule has 1 fully saturated rings. The second-order valence-electron chi connectivity index (χ2n) is 7.01. The average Bonchev–Trinajstić information content (AvgIpc) is 3.28. The van der Waals surface area contributed by atoms with Crippen LogP contribution in [0, 0.1) is 10.1 Å². The van der Waals surface area contributed by atoms with Crippen LogP contribution in [-0.4, -0.2) is 49.6 Å². The number of rotatable bonds is 7. The van der Waals surface area contributed by atoms with Gasteiger partial charge in [-0.15, -0.1) is 11.3 Å². The number of ether oxygens (including phenoxy) is 1. The standard InChI is InChI=1S/C20H17N3O7S2/c24-15(8-13-2-1-7-31-13)21-16-17(25)22-9-14(20(27)32-18(16)22)19(26)30-10-11-3-5-12(6-4-11)23(28)29/h1-7,9,16,18,20,27H,8,10H2,(H,21,24)/t16?,18-,20?/m1/s1. The summed E-state index contributed by atoms with van der Waals surface area (Å²) in [7, 11) is 0. The molecule has 10 nitrogen and oxygen atoms in total. The van der Waals surface area contributed by atoms with Gasteiger partial charge in [0.2, 0.25) is 5.91 Å². The highest BCUT2D eigenvalue weighted by Crippen LogP contribution is 2.39. The lowest BCUT2D eigenvalue weighted by Gasteiger charge is -2.48. The van der Waals surface area contributed by atoms with Crippen molar-refractivity contribution in [2.45, 2.75) is 29.9 Å². The number of nitrogens with zero attached hydrogens (tertiary/aromatic N) is 2. The number of hydrogen-bond donors (Lipinski definition) is 2. The molecule has 0 spiro atoms. The van der Waals surface area contributed by atoms with Crippen LogP contribution in [0.2, 0.25) is 0 Å². The van der Waals surface area contributed by atoms with Gasteiger partial charge >= 0.3 is 5.97 Å². The summed E-state index contributed by atoms with van der Waals surface area (Å²) >= 11 is 2.41. The number of non-ortho nitro benzene ring substituents is 1. The van der Waals surface area contributed by atoms with Crippen LogP contribution in [0.15, 0.2) is 53.6 Å². The number of aliphatic hydroxyl groups is 1. The van der Waals surface area contributed by atoms with Gasteiger partial charge in [-0.1, -0.05) is 17.8 Å². The number of thiophene rings is 1. The van der Waals surface area contributed by atoms with Gasteiger partial charge in [0.25, 0.3) is 11.6 Å². The Kier molecular flexibility index (Phi) is 6.26. The Morgan fingerprint density at radius 2 is 2.00 bits per heavy atom. The van der Waals surface area contributed by atoms with Crippen LogP contribution >= 0.6 is 23.1 Å². The number of esters is 1. The third-order valence-corrected chi connectivity index (χ3v) is 7.04. The number of aliphatic hydroxyl groups excluding tert-OH is 1. The minimum Gasteiger partial charge on any atom is -0.457 e. The number of fused-ring (bicyclic) bond motifs is 1. The van der Waals surface area contributed by atoms with E-state index in [0.717, 1.165) is 16.6 Å². The van der Waals surface area contributed by atoms with Gasteiger partial charge in [0, 0.05) is 23.2 Å². The first-order valence-corrected chi connectivity index (χ1v) is 11.3. The molecule has 3 atom stereocenters. The van der Waals surface area contributed by atoms with Crippen molar-refractivity contribution in [2.75, 3.05) is 0 Å². The molecule has 12 heteroatoms. The zero-order chi connectivity index (χ0) is 22.8. The van der Waals surface area contributed by atoms with Gasteiger partial charge in [-0.2, -0.15) is 0 Å². The molecule has 2 amide bonds. The fourth-order valence-electron chi connectivity index (χ4n) is 3.22. The van der Waals surface area contributed by atoms with E-state index < -0.39 is 27.7 Å². The summed E-state index contributed by atoms with van der Waals surface area (Å²) in [5.41, 5.74) is -0.870. The van der Waals surface area contributed by atoms with E-state index >= 15 is 0 Å². The number of amides is 2. The Balaban J connectivity index is 1.34. The topological polar surface area (TPSA) is 139 Å². The van der Waals surface area contributed by atoms with Gasteiger partial charge in [0.15, 0.2) is 0 Å². The summed E-state index contributed by atoms with van der Waals surface area (Å²) in [6.45, 7) is -0.148. The van der Waals surface area contributed by atoms with Gasteiger partial charge in [-0.25, -0.2) is 4.79 Å². The smallest absolute Gasteiger partial charge is 0.339 e. The predicted octanol–water partition coefficient (Wildman–Crippen LogP) is 1.54. The molecule has 0 aliphatic carbocycles. The molecule has 32 heavy (non-hydrogen) atoms. The minimum absolute atomic E-state index is 0.0822. The third kappa shape index (κ3) is 4.52. The van der Waals surface area contributed by atoms with Crippen LogP contribution in [0.1, 0.15) is 10.4 Å². The van der Waals surface area contributed by atoms with Gasteiger partial charge in [0.05, 0.1) is 16.9 Å². The number of hydrogen-bond acceptors (Lipinski definition) is 9. The van der Waals surface area contributed by atoms with E-state index in [0.29, 0.717) is 5.56 Å². The van der Waals surface area contributed by atoms with E-state index in [1.165, 1.54) is 46.7 Å². The van der Waals surface area contributed by atoms with Gasteiger partial charge in [-0.05, 0) is 29.1 Å². The van der Waals surface area contributed by atoms with Crippen molar-refractivity contribution in [1.82, 2.24) is 10.2 Å². The molecule has 3 heterocycles. The number of carbonyl (C=O) groups is 3. The molecule has 2 aromatic rings. The quantitative estimate of drug-likeness (QED) is 0.266. The molecular weight excluding hydrogens is 458 g/mol. The summed E-state index contributed by atoms with van der Waals surface area (Å²) < 4.78 is 5.17. The second-order valence-corrected chi connectivity index (χ2v) is 9.24. The number of β-lactam (4-membered cyclic amide) rings is 1. The van der Waals surface area contributed by atoms with E-state index in [9.17, 15) is 29.6 Å². The zero-order valence-corrected chi connectivity index (χ0v) is 18.0. The van der Waals surface area contributed by atoms with Crippen LogP contribution in [0.25, 0.3) is 0 Å². The van der Waals surface area contributed by atoms with Crippen LogP contribution in [0.3, 0.4) is 0 Å². The maximum Gasteiger partial charge on any atom is 0.339 e. The van der Waals surface area contributed by atoms with Crippen molar-refractivity contribution in [2.24, 2.45) is 0 Å². The van der Waals surface area contributed by atoms with E-state index in [4.69, 9.17) is 4.74 Å². The van der Waals surface area contributed by atoms with Crippen molar-refractivity contribution >= 4 is 46.6 Å². The number of nitro benzene ring substituents is 1. The molecule has 1 aromatic heterocycles. The Morgan fingerprint density at radius 1 is 1.25 bits per heavy atom. The van der Waals surface area contributed by atoms with Crippen molar-refractivity contribution in [3.8, 4) is 0 Å². The number of nitro groups is 1. The first kappa shape index (κ1) is 22.0. The Bertz CT molecular complexity index is 1090. The molecular formula is C20H17N3O7S2. The average molecular weight is 476 g/mol. The molecule has 1 aromatic carbocycles. The fourth-order valence-corrected chi connectivity index (χ4v) is 5.12. The van der Waals surface area contributed by atoms with Crippen LogP contribution in [0.4, 0.5) is 5.69 Å². The van der Waals surface area contributed by atoms with Crippen molar-refractivity contribution in [3.63, 3.8) is 0 Å². The van der Waals surface area contributed by atoms with Crippen LogP contribution in [0.5, 0.6) is 0 Å². The molecule has 0 bridgehead atoms. The number of thioether (sulfide) groups is 1. The Morgan fingerprint density at radius 3 is 2.66 bits per heavy atom. The third-order valence-electron chi connectivity index (χ3n) is 4.88. The summed E-state index contributed by atoms with van der Waals surface area (Å²) in [6, 6.07) is 8.40. The summed E-state index contributed by atoms with van der Waals surface area (Å²) in [4.78, 5) is 49.4. The number of nitrogens with one attached hydrogen (secondary N) is 1. The lowest BCUT2D eigenvalue weighted by Crippen LogP contribution is -2.69. The number of benzene rings is 1. The normalized spacial score (nSPS) is 21.8. The first-order valence-electron chi connectivity index (χ1n) is 9.43. The monoisotopic (exact) mass is 475 g/mol. The lowest BCUT2D eigenvalue weighted by atomic mass is 10.1. The van der Waals surface area contributed by atoms with E-state index in [1.807, 2.05) is 17.5 Å². The largest absolute Gasteiger partial charge is 0.457 e. The summed E-state index contributed by atoms with van der Waals surface area (Å²) in [6.07, 6.45) is 1.41. The predicted molar refractivity (Wildman–Crippen MR) is 115 cm³/mol. The maximum absolute atomic E-state index is 12.4. The minimum atomic E-state index is -1.23. The lowest BCUT2D eigenvalue weighted by molar-refractivity contribution is -0.384. The molecule has 2 N–H and O–H groups in total. The number of carbonyl (C=O) groups excluding carboxylic acids is 3. The molecule has 1 saturated heterocycles. The van der Waals surface area contributed by atoms with Gasteiger partial charge in [-0.3, -0.25) is 19.7 Å². The van der Waals surface area contributed by atoms with Crippen molar-refractivity contribution < 1.29 is 29.2 Å². The highest BCUT2D eigenvalue weighted by molar-refractivity contribution is 8.00. The molecule has 2 unspecified atom stereocenters. The van der Waals surface area contributed by atoms with Crippen LogP contribution in [-0.2, 0) is 32.1 Å². The molecule has 0 radical (unpaired) electrons. The highest BCUT2D eigenvalue weighted by Gasteiger charge is 2.52. The molecule has 0 saturated carbocycles. The van der Waals surface area contributed by atoms with Gasteiger partial charge < -0.3 is 20.1 Å². The van der Waals surface area contributed by atoms with E-state index in [2.05, 4.69) is 5.32 Å². The van der Waals surface area contributed by atoms with Crippen LogP contribution < -0.4 is 5.32 Å². The highest BCUT2D eigenvalue weighted by atomic mass is 32.2. The maximum atomic E-state index is 12.4. The summed E-state index contributed by atoms with van der Waals surface area (Å²) in [5, 5.41) is 25.1. The zero-order valence-electron chi connectivity index (χ0n) is 16.4. The molecule has 2 aliphatic heterocycles. The Labute approximate surface area is 190 Å². The molecule has 2 aliphatic rings. The Hall–Kier alpha value is -3.22. The fraction of sp³-hybridized carbons (Fsp3) is 0.250. The van der Waals surface area contributed by atoms with Gasteiger partial charge in [0.1, 0.15) is 23.5 Å². The second kappa shape index (κ2) is 9.10. The summed E-state index contributed by atoms with van der Waals surface area (Å²) in [5.74, 6) is -1.48. The van der Waals surface area contributed by atoms with E-state index in [-0.39, 0.29) is 36.1 Å². The SMILES string of the molecule is O=C(Cc1cccs1)NC1C(=O)N2C=C(C(=O)OCc3ccc([N+](=O)[O-])cc3)C(O)S[C@H]12. The molecule has 166 valence electrons. The van der Waals surface area contributed by atoms with Crippen molar-refractivity contribution in [3.05, 3.63) is 74.1 Å².